The number of benzene rings is 2. The van der Waals surface area contributed by atoms with E-state index in [4.69, 9.17) is 21.7 Å². The number of nitrogens with one attached hydrogen (secondary N) is 3. The van der Waals surface area contributed by atoms with Crippen LogP contribution in [0.2, 0.25) is 0 Å². The molecule has 0 fully saturated rings. The van der Waals surface area contributed by atoms with E-state index in [-0.39, 0.29) is 5.91 Å². The number of rotatable bonds is 7. The van der Waals surface area contributed by atoms with Crippen molar-refractivity contribution in [3.63, 3.8) is 0 Å². The molecule has 2 aromatic carbocycles. The second-order valence-electron chi connectivity index (χ2n) is 4.94. The van der Waals surface area contributed by atoms with E-state index >= 15 is 0 Å². The van der Waals surface area contributed by atoms with Crippen molar-refractivity contribution in [3.8, 4) is 11.5 Å². The summed E-state index contributed by atoms with van der Waals surface area (Å²) in [6.45, 7) is 3.28. The highest BCUT2D eigenvalue weighted by molar-refractivity contribution is 7.80. The second kappa shape index (κ2) is 10.1. The van der Waals surface area contributed by atoms with Crippen LogP contribution < -0.4 is 25.6 Å². The number of carbonyl (C=O) groups excluding carboxylic acids is 1. The summed E-state index contributed by atoms with van der Waals surface area (Å²) < 4.78 is 11.2. The molecule has 0 aliphatic rings. The van der Waals surface area contributed by atoms with Gasteiger partial charge in [0.2, 0.25) is 0 Å². The van der Waals surface area contributed by atoms with Crippen molar-refractivity contribution in [1.29, 1.82) is 0 Å². The molecule has 0 aliphatic carbocycles. The molecule has 0 atom stereocenters. The van der Waals surface area contributed by atoms with Crippen LogP contribution in [0.3, 0.4) is 0 Å². The van der Waals surface area contributed by atoms with Gasteiger partial charge in [-0.25, -0.2) is 0 Å². The molecule has 0 aromatic heterocycles. The van der Waals surface area contributed by atoms with Crippen LogP contribution in [0.25, 0.3) is 0 Å². The quantitative estimate of drug-likeness (QED) is 0.400. The Labute approximate surface area is 152 Å². The average molecular weight is 359 g/mol. The van der Waals surface area contributed by atoms with Gasteiger partial charge in [-0.15, -0.1) is 0 Å². The number of hydrogen-bond donors (Lipinski definition) is 3. The Kier molecular flexibility index (Phi) is 7.52. The highest BCUT2D eigenvalue weighted by Crippen LogP contribution is 2.17. The SMILES string of the molecule is CCNC(=S)NNC(=O)c1ccccc1OCCOc1ccccc1. The first-order chi connectivity index (χ1) is 12.2. The summed E-state index contributed by atoms with van der Waals surface area (Å²) in [6.07, 6.45) is 0. The zero-order chi connectivity index (χ0) is 17.9. The maximum atomic E-state index is 12.3. The van der Waals surface area contributed by atoms with Crippen molar-refractivity contribution < 1.29 is 14.3 Å². The molecule has 0 spiro atoms. The van der Waals surface area contributed by atoms with Crippen LogP contribution in [0.5, 0.6) is 11.5 Å². The van der Waals surface area contributed by atoms with Crippen molar-refractivity contribution >= 4 is 23.2 Å². The molecule has 3 N–H and O–H groups in total. The first kappa shape index (κ1) is 18.5. The zero-order valence-electron chi connectivity index (χ0n) is 14.0. The third-order valence-electron chi connectivity index (χ3n) is 3.11. The van der Waals surface area contributed by atoms with Gasteiger partial charge in [-0.1, -0.05) is 30.3 Å². The summed E-state index contributed by atoms with van der Waals surface area (Å²) in [4.78, 5) is 12.3. The van der Waals surface area contributed by atoms with Crippen LogP contribution in [-0.2, 0) is 0 Å². The fourth-order valence-corrected chi connectivity index (χ4v) is 2.19. The summed E-state index contributed by atoms with van der Waals surface area (Å²) in [5.41, 5.74) is 5.59. The van der Waals surface area contributed by atoms with Gasteiger partial charge in [-0.3, -0.25) is 15.6 Å². The van der Waals surface area contributed by atoms with E-state index in [0.717, 1.165) is 5.75 Å². The molecule has 25 heavy (non-hydrogen) atoms. The molecule has 1 amide bonds. The Balaban J connectivity index is 1.84. The maximum absolute atomic E-state index is 12.3. The highest BCUT2D eigenvalue weighted by Gasteiger charge is 2.12. The van der Waals surface area contributed by atoms with Gasteiger partial charge in [0.1, 0.15) is 24.7 Å². The van der Waals surface area contributed by atoms with Gasteiger partial charge in [0, 0.05) is 6.54 Å². The molecule has 0 radical (unpaired) electrons. The van der Waals surface area contributed by atoms with Gasteiger partial charge in [0.25, 0.3) is 5.91 Å². The van der Waals surface area contributed by atoms with Crippen LogP contribution in [0.15, 0.2) is 54.6 Å². The topological polar surface area (TPSA) is 71.6 Å². The van der Waals surface area contributed by atoms with E-state index < -0.39 is 0 Å². The summed E-state index contributed by atoms with van der Waals surface area (Å²) in [6, 6.07) is 16.5. The molecule has 7 heteroatoms. The average Bonchev–Trinajstić information content (AvgIpc) is 2.65. The van der Waals surface area contributed by atoms with Crippen LogP contribution in [-0.4, -0.2) is 30.8 Å². The molecular weight excluding hydrogens is 338 g/mol. The van der Waals surface area contributed by atoms with Crippen molar-refractivity contribution in [3.05, 3.63) is 60.2 Å². The van der Waals surface area contributed by atoms with Crippen LogP contribution in [0.1, 0.15) is 17.3 Å². The number of hydrogen-bond acceptors (Lipinski definition) is 4. The second-order valence-corrected chi connectivity index (χ2v) is 5.35. The largest absolute Gasteiger partial charge is 0.490 e. The Bertz CT molecular complexity index is 695. The molecule has 0 bridgehead atoms. The number of ether oxygens (including phenoxy) is 2. The van der Waals surface area contributed by atoms with E-state index in [2.05, 4.69) is 16.2 Å². The minimum absolute atomic E-state index is 0.322. The molecule has 6 nitrogen and oxygen atoms in total. The Hall–Kier alpha value is -2.80. The van der Waals surface area contributed by atoms with Crippen molar-refractivity contribution in [2.75, 3.05) is 19.8 Å². The van der Waals surface area contributed by atoms with E-state index in [9.17, 15) is 4.79 Å². The number of amides is 1. The Morgan fingerprint density at radius 3 is 2.40 bits per heavy atom. The monoisotopic (exact) mass is 359 g/mol. The Morgan fingerprint density at radius 2 is 1.64 bits per heavy atom. The minimum Gasteiger partial charge on any atom is -0.490 e. The number of hydrazine groups is 1. The van der Waals surface area contributed by atoms with E-state index in [0.29, 0.717) is 36.2 Å². The first-order valence-corrected chi connectivity index (χ1v) is 8.35. The van der Waals surface area contributed by atoms with E-state index in [1.54, 1.807) is 24.3 Å². The lowest BCUT2D eigenvalue weighted by Gasteiger charge is -2.13. The predicted octanol–water partition coefficient (Wildman–Crippen LogP) is 2.27. The van der Waals surface area contributed by atoms with Gasteiger partial charge >= 0.3 is 0 Å². The van der Waals surface area contributed by atoms with Crippen LogP contribution in [0.4, 0.5) is 0 Å². The number of thiocarbonyl (C=S) groups is 1. The standard InChI is InChI=1S/C18H21N3O3S/c1-2-19-18(25)21-20-17(22)15-10-6-7-11-16(15)24-13-12-23-14-8-4-3-5-9-14/h3-11H,2,12-13H2,1H3,(H,20,22)(H2,19,21,25). The number of carbonyl (C=O) groups is 1. The lowest BCUT2D eigenvalue weighted by atomic mass is 10.2. The van der Waals surface area contributed by atoms with Crippen molar-refractivity contribution in [1.82, 2.24) is 16.2 Å². The Morgan fingerprint density at radius 1 is 0.960 bits per heavy atom. The third-order valence-corrected chi connectivity index (χ3v) is 3.36. The normalized spacial score (nSPS) is 9.80. The minimum atomic E-state index is -0.333. The number of para-hydroxylation sites is 2. The van der Waals surface area contributed by atoms with Crippen molar-refractivity contribution in [2.24, 2.45) is 0 Å². The van der Waals surface area contributed by atoms with Gasteiger partial charge in [-0.05, 0) is 43.4 Å². The van der Waals surface area contributed by atoms with Gasteiger partial charge < -0.3 is 14.8 Å². The molecule has 2 aromatic rings. The summed E-state index contributed by atoms with van der Waals surface area (Å²) in [5, 5.41) is 3.23. The third kappa shape index (κ3) is 6.31. The summed E-state index contributed by atoms with van der Waals surface area (Å²) in [5.74, 6) is 0.922. The fourth-order valence-electron chi connectivity index (χ4n) is 1.99. The molecule has 0 saturated heterocycles. The predicted molar refractivity (Wildman–Crippen MR) is 101 cm³/mol. The van der Waals surface area contributed by atoms with Gasteiger partial charge in [0.05, 0.1) is 5.56 Å². The molecule has 0 saturated carbocycles. The zero-order valence-corrected chi connectivity index (χ0v) is 14.8. The first-order valence-electron chi connectivity index (χ1n) is 7.94. The maximum Gasteiger partial charge on any atom is 0.273 e. The summed E-state index contributed by atoms with van der Waals surface area (Å²) in [7, 11) is 0. The fraction of sp³-hybridized carbons (Fsp3) is 0.222. The van der Waals surface area contributed by atoms with E-state index in [1.807, 2.05) is 37.3 Å². The van der Waals surface area contributed by atoms with Crippen LogP contribution >= 0.6 is 12.2 Å². The van der Waals surface area contributed by atoms with Crippen LogP contribution in [0, 0.1) is 0 Å². The van der Waals surface area contributed by atoms with Crippen molar-refractivity contribution in [2.45, 2.75) is 6.92 Å². The molecule has 0 heterocycles. The molecule has 2 rings (SSSR count). The van der Waals surface area contributed by atoms with Gasteiger partial charge in [-0.2, -0.15) is 0 Å². The molecule has 0 aliphatic heterocycles. The smallest absolute Gasteiger partial charge is 0.273 e. The summed E-state index contributed by atoms with van der Waals surface area (Å²) >= 11 is 5.00. The molecule has 0 unspecified atom stereocenters. The lowest BCUT2D eigenvalue weighted by Crippen LogP contribution is -2.46. The highest BCUT2D eigenvalue weighted by atomic mass is 32.1. The lowest BCUT2D eigenvalue weighted by molar-refractivity contribution is 0.0938. The molecular formula is C18H21N3O3S. The van der Waals surface area contributed by atoms with Gasteiger partial charge in [0.15, 0.2) is 5.11 Å². The van der Waals surface area contributed by atoms with E-state index in [1.165, 1.54) is 0 Å². The molecule has 132 valence electrons.